The molecule has 1 saturated heterocycles. The highest BCUT2D eigenvalue weighted by Crippen LogP contribution is 2.28. The van der Waals surface area contributed by atoms with E-state index in [1.165, 1.54) is 6.08 Å². The van der Waals surface area contributed by atoms with E-state index in [4.69, 9.17) is 10.1 Å². The Balaban J connectivity index is 2.28. The second-order valence-electron chi connectivity index (χ2n) is 4.02. The smallest absolute Gasteiger partial charge is 0.273 e. The number of rotatable bonds is 4. The van der Waals surface area contributed by atoms with Gasteiger partial charge in [0.1, 0.15) is 6.04 Å². The van der Waals surface area contributed by atoms with Gasteiger partial charge in [-0.25, -0.2) is 4.31 Å². The molecular weight excluding hydrogens is 284 g/mol. The molecule has 0 saturated carbocycles. The van der Waals surface area contributed by atoms with Gasteiger partial charge in [0.05, 0.1) is 6.04 Å². The SMILES string of the molecule is [N-]=[N+]=N[C@H]1C(=O)N(S(=O)(=O)O)[C@H]1C=Cc1ccccc1. The van der Waals surface area contributed by atoms with Crippen LogP contribution in [-0.4, -0.2) is 35.3 Å². The van der Waals surface area contributed by atoms with Crippen molar-refractivity contribution in [2.75, 3.05) is 0 Å². The summed E-state index contributed by atoms with van der Waals surface area (Å²) in [5, 5.41) is 3.23. The molecule has 0 unspecified atom stereocenters. The van der Waals surface area contributed by atoms with Gasteiger partial charge in [0.25, 0.3) is 0 Å². The monoisotopic (exact) mass is 294 g/mol. The van der Waals surface area contributed by atoms with Crippen LogP contribution in [0.3, 0.4) is 0 Å². The van der Waals surface area contributed by atoms with Crippen molar-refractivity contribution in [1.82, 2.24) is 4.31 Å². The van der Waals surface area contributed by atoms with Crippen LogP contribution >= 0.6 is 0 Å². The minimum atomic E-state index is -4.67. The number of benzene rings is 1. The molecule has 20 heavy (non-hydrogen) atoms. The maximum atomic E-state index is 11.5. The van der Waals surface area contributed by atoms with E-state index >= 15 is 0 Å². The van der Waals surface area contributed by atoms with Gasteiger partial charge in [-0.15, -0.1) is 0 Å². The van der Waals surface area contributed by atoms with E-state index in [1.807, 2.05) is 6.07 Å². The minimum absolute atomic E-state index is 0.284. The first-order valence-electron chi connectivity index (χ1n) is 5.53. The largest absolute Gasteiger partial charge is 0.362 e. The van der Waals surface area contributed by atoms with Crippen LogP contribution in [0.2, 0.25) is 0 Å². The Morgan fingerprint density at radius 1 is 1.35 bits per heavy atom. The standard InChI is InChI=1S/C11H10N4O4S/c12-14-13-10-9(15(11(10)16)20(17,18)19)7-6-8-4-2-1-3-5-8/h1-7,9-10H,(H,17,18,19)/t9-,10+/m0/s1. The van der Waals surface area contributed by atoms with Crippen molar-refractivity contribution in [3.63, 3.8) is 0 Å². The number of nitrogens with zero attached hydrogens (tertiary/aromatic N) is 4. The summed E-state index contributed by atoms with van der Waals surface area (Å²) in [6, 6.07) is 6.76. The van der Waals surface area contributed by atoms with Crippen LogP contribution in [0.1, 0.15) is 5.56 Å². The highest BCUT2D eigenvalue weighted by molar-refractivity contribution is 7.84. The van der Waals surface area contributed by atoms with E-state index in [0.717, 1.165) is 5.56 Å². The van der Waals surface area contributed by atoms with Gasteiger partial charge in [-0.3, -0.25) is 9.35 Å². The molecule has 1 N–H and O–H groups in total. The highest BCUT2D eigenvalue weighted by atomic mass is 32.2. The van der Waals surface area contributed by atoms with Crippen LogP contribution in [0.15, 0.2) is 41.5 Å². The first-order chi connectivity index (χ1) is 9.45. The summed E-state index contributed by atoms with van der Waals surface area (Å²) in [5.74, 6) is -0.951. The van der Waals surface area contributed by atoms with Crippen molar-refractivity contribution < 1.29 is 17.8 Å². The van der Waals surface area contributed by atoms with Crippen molar-refractivity contribution >= 4 is 22.3 Å². The van der Waals surface area contributed by atoms with Crippen LogP contribution < -0.4 is 0 Å². The van der Waals surface area contributed by atoms with E-state index in [0.29, 0.717) is 0 Å². The number of hydrogen-bond donors (Lipinski definition) is 1. The second kappa shape index (κ2) is 5.33. The molecule has 0 aromatic heterocycles. The van der Waals surface area contributed by atoms with E-state index in [2.05, 4.69) is 10.0 Å². The molecule has 1 aliphatic heterocycles. The molecule has 1 heterocycles. The second-order valence-corrected chi connectivity index (χ2v) is 5.31. The Labute approximate surface area is 114 Å². The first kappa shape index (κ1) is 14.1. The fourth-order valence-corrected chi connectivity index (χ4v) is 2.70. The molecule has 9 heteroatoms. The summed E-state index contributed by atoms with van der Waals surface area (Å²) in [5.41, 5.74) is 9.14. The molecule has 104 valence electrons. The summed E-state index contributed by atoms with van der Waals surface area (Å²) < 4.78 is 31.4. The zero-order chi connectivity index (χ0) is 14.8. The number of hydrogen-bond acceptors (Lipinski definition) is 4. The summed E-state index contributed by atoms with van der Waals surface area (Å²) in [6.07, 6.45) is 2.97. The molecule has 8 nitrogen and oxygen atoms in total. The molecule has 0 bridgehead atoms. The third-order valence-electron chi connectivity index (χ3n) is 2.77. The molecular formula is C11H10N4O4S. The average molecular weight is 294 g/mol. The number of carbonyl (C=O) groups excluding carboxylic acids is 1. The molecule has 1 amide bonds. The Morgan fingerprint density at radius 3 is 2.55 bits per heavy atom. The Hall–Kier alpha value is -2.35. The normalized spacial score (nSPS) is 22.4. The molecule has 1 aromatic rings. The predicted molar refractivity (Wildman–Crippen MR) is 70.6 cm³/mol. The Bertz CT molecular complexity index is 694. The molecule has 2 rings (SSSR count). The zero-order valence-electron chi connectivity index (χ0n) is 10.1. The predicted octanol–water partition coefficient (Wildman–Crippen LogP) is 1.39. The molecule has 1 aromatic carbocycles. The lowest BCUT2D eigenvalue weighted by Crippen LogP contribution is -2.64. The summed E-state index contributed by atoms with van der Waals surface area (Å²) >= 11 is 0. The maximum Gasteiger partial charge on any atom is 0.362 e. The number of carbonyl (C=O) groups is 1. The van der Waals surface area contributed by atoms with Gasteiger partial charge in [-0.1, -0.05) is 47.6 Å². The Morgan fingerprint density at radius 2 is 2.00 bits per heavy atom. The molecule has 0 spiro atoms. The molecule has 0 radical (unpaired) electrons. The van der Waals surface area contributed by atoms with E-state index in [-0.39, 0.29) is 4.31 Å². The lowest BCUT2D eigenvalue weighted by molar-refractivity contribution is -0.138. The van der Waals surface area contributed by atoms with Gasteiger partial charge in [0, 0.05) is 4.91 Å². The summed E-state index contributed by atoms with van der Waals surface area (Å²) in [7, 11) is -4.67. The van der Waals surface area contributed by atoms with E-state index in [1.54, 1.807) is 30.3 Å². The van der Waals surface area contributed by atoms with E-state index in [9.17, 15) is 13.2 Å². The van der Waals surface area contributed by atoms with Gasteiger partial charge in [-0.05, 0) is 11.1 Å². The number of β-lactam (4-membered cyclic amide) rings is 1. The lowest BCUT2D eigenvalue weighted by Gasteiger charge is -2.40. The molecule has 1 aliphatic rings. The van der Waals surface area contributed by atoms with Gasteiger partial charge in [0.15, 0.2) is 0 Å². The van der Waals surface area contributed by atoms with Crippen LogP contribution in [0.4, 0.5) is 0 Å². The van der Waals surface area contributed by atoms with Gasteiger partial charge >= 0.3 is 10.3 Å². The van der Waals surface area contributed by atoms with Gasteiger partial charge in [-0.2, -0.15) is 8.42 Å². The molecule has 0 aliphatic carbocycles. The number of azide groups is 1. The summed E-state index contributed by atoms with van der Waals surface area (Å²) in [4.78, 5) is 14.0. The van der Waals surface area contributed by atoms with Gasteiger partial charge in [0.2, 0.25) is 5.91 Å². The van der Waals surface area contributed by atoms with Crippen molar-refractivity contribution in [2.45, 2.75) is 12.1 Å². The lowest BCUT2D eigenvalue weighted by atomic mass is 9.98. The van der Waals surface area contributed by atoms with Crippen molar-refractivity contribution in [1.29, 1.82) is 0 Å². The van der Waals surface area contributed by atoms with Crippen LogP contribution in [0.5, 0.6) is 0 Å². The average Bonchev–Trinajstić information content (AvgIpc) is 2.40. The quantitative estimate of drug-likeness (QED) is 0.296. The van der Waals surface area contributed by atoms with Gasteiger partial charge < -0.3 is 0 Å². The highest BCUT2D eigenvalue weighted by Gasteiger charge is 2.51. The van der Waals surface area contributed by atoms with Crippen LogP contribution in [-0.2, 0) is 15.1 Å². The third-order valence-corrected chi connectivity index (χ3v) is 3.70. The minimum Gasteiger partial charge on any atom is -0.273 e. The van der Waals surface area contributed by atoms with Crippen LogP contribution in [0, 0.1) is 0 Å². The molecule has 2 atom stereocenters. The zero-order valence-corrected chi connectivity index (χ0v) is 10.9. The third kappa shape index (κ3) is 2.64. The maximum absolute atomic E-state index is 11.5. The molecule has 1 fully saturated rings. The van der Waals surface area contributed by atoms with Crippen molar-refractivity contribution in [3.8, 4) is 0 Å². The fraction of sp³-hybridized carbons (Fsp3) is 0.182. The summed E-state index contributed by atoms with van der Waals surface area (Å²) in [6.45, 7) is 0. The fourth-order valence-electron chi connectivity index (χ4n) is 1.87. The Kier molecular flexibility index (Phi) is 3.75. The van der Waals surface area contributed by atoms with E-state index < -0.39 is 28.3 Å². The topological polar surface area (TPSA) is 123 Å². The van der Waals surface area contributed by atoms with Crippen LogP contribution in [0.25, 0.3) is 16.5 Å². The van der Waals surface area contributed by atoms with Crippen molar-refractivity contribution in [2.24, 2.45) is 5.11 Å². The van der Waals surface area contributed by atoms with Crippen molar-refractivity contribution in [3.05, 3.63) is 52.4 Å². The first-order valence-corrected chi connectivity index (χ1v) is 6.93. The number of amides is 1.